The minimum atomic E-state index is -0.429. The fraction of sp³-hybridized carbons (Fsp3) is 0.250. The van der Waals surface area contributed by atoms with E-state index in [1.807, 2.05) is 38.1 Å². The molecule has 0 heterocycles. The molecule has 1 aromatic rings. The number of ketones is 1. The minimum Gasteiger partial charge on any atom is -0.507 e. The van der Waals surface area contributed by atoms with Crippen LogP contribution in [-0.2, 0) is 9.59 Å². The highest BCUT2D eigenvalue weighted by Crippen LogP contribution is 2.16. The summed E-state index contributed by atoms with van der Waals surface area (Å²) < 4.78 is 0. The van der Waals surface area contributed by atoms with E-state index in [-0.39, 0.29) is 11.3 Å². The van der Waals surface area contributed by atoms with Crippen LogP contribution in [0.3, 0.4) is 0 Å². The van der Waals surface area contributed by atoms with Crippen LogP contribution in [0.1, 0.15) is 25.0 Å². The Morgan fingerprint density at radius 1 is 1.25 bits per heavy atom. The predicted molar refractivity (Wildman–Crippen MR) is 83.7 cm³/mol. The van der Waals surface area contributed by atoms with Crippen molar-refractivity contribution in [2.75, 3.05) is 5.75 Å². The van der Waals surface area contributed by atoms with Crippen LogP contribution >= 0.6 is 11.8 Å². The number of allylic oxidation sites excluding steroid dienone is 1. The lowest BCUT2D eigenvalue weighted by atomic mass is 10.1. The van der Waals surface area contributed by atoms with E-state index in [2.05, 4.69) is 0 Å². The Balaban J connectivity index is 3.01. The van der Waals surface area contributed by atoms with Gasteiger partial charge in [-0.15, -0.1) is 0 Å². The zero-order valence-electron chi connectivity index (χ0n) is 11.8. The van der Waals surface area contributed by atoms with Gasteiger partial charge in [0, 0.05) is 0 Å². The smallest absolute Gasteiger partial charge is 0.226 e. The number of aliphatic hydroxyl groups is 1. The molecule has 0 unspecified atom stereocenters. The highest BCUT2D eigenvalue weighted by Gasteiger charge is 2.18. The maximum atomic E-state index is 11.8. The number of aliphatic hydroxyl groups excluding tert-OH is 1. The highest BCUT2D eigenvalue weighted by molar-refractivity contribution is 8.14. The van der Waals surface area contributed by atoms with E-state index in [0.717, 1.165) is 22.9 Å². The first-order valence-electron chi connectivity index (χ1n) is 6.31. The van der Waals surface area contributed by atoms with E-state index in [4.69, 9.17) is 0 Å². The molecule has 0 aliphatic rings. The quantitative estimate of drug-likeness (QED) is 0.295. The molecule has 0 amide bonds. The second-order valence-electron chi connectivity index (χ2n) is 4.28. The molecule has 0 radical (unpaired) electrons. The SMILES string of the molecule is CCSC(=O)/C(C(C)=O)=C(O)\C=C\c1ccc(C)cc1. The van der Waals surface area contributed by atoms with E-state index in [9.17, 15) is 14.7 Å². The molecule has 0 atom stereocenters. The van der Waals surface area contributed by atoms with Gasteiger partial charge in [-0.05, 0) is 31.2 Å². The summed E-state index contributed by atoms with van der Waals surface area (Å²) in [5.41, 5.74) is 1.88. The van der Waals surface area contributed by atoms with Crippen molar-refractivity contribution in [3.63, 3.8) is 0 Å². The average molecular weight is 290 g/mol. The molecular weight excluding hydrogens is 272 g/mol. The summed E-state index contributed by atoms with van der Waals surface area (Å²) in [6.45, 7) is 5.08. The fourth-order valence-corrected chi connectivity index (χ4v) is 2.22. The highest BCUT2D eigenvalue weighted by atomic mass is 32.2. The standard InChI is InChI=1S/C16H18O3S/c1-4-20-16(19)15(12(3)17)14(18)10-9-13-7-5-11(2)6-8-13/h5-10,18H,4H2,1-3H3/b10-9+,15-14+. The second-order valence-corrected chi connectivity index (χ2v) is 5.52. The molecule has 1 aromatic carbocycles. The third-order valence-corrected chi connectivity index (χ3v) is 3.35. The molecule has 4 heteroatoms. The second kappa shape index (κ2) is 7.70. The van der Waals surface area contributed by atoms with Crippen molar-refractivity contribution in [1.29, 1.82) is 0 Å². The molecule has 0 saturated carbocycles. The van der Waals surface area contributed by atoms with Crippen molar-refractivity contribution in [2.24, 2.45) is 0 Å². The molecule has 0 bridgehead atoms. The van der Waals surface area contributed by atoms with Crippen LogP contribution in [-0.4, -0.2) is 21.8 Å². The molecule has 1 rings (SSSR count). The number of hydrogen-bond donors (Lipinski definition) is 1. The van der Waals surface area contributed by atoms with Crippen molar-refractivity contribution in [3.05, 3.63) is 52.8 Å². The first-order chi connectivity index (χ1) is 9.45. The zero-order chi connectivity index (χ0) is 15.1. The van der Waals surface area contributed by atoms with Gasteiger partial charge in [0.15, 0.2) is 5.78 Å². The van der Waals surface area contributed by atoms with Gasteiger partial charge in [-0.3, -0.25) is 9.59 Å². The van der Waals surface area contributed by atoms with Gasteiger partial charge in [0.2, 0.25) is 5.12 Å². The van der Waals surface area contributed by atoms with Crippen molar-refractivity contribution >= 4 is 28.7 Å². The third kappa shape index (κ3) is 4.70. The number of benzene rings is 1. The molecule has 0 fully saturated rings. The number of hydrogen-bond acceptors (Lipinski definition) is 4. The predicted octanol–water partition coefficient (Wildman–Crippen LogP) is 3.69. The van der Waals surface area contributed by atoms with Crippen LogP contribution in [0.2, 0.25) is 0 Å². The lowest BCUT2D eigenvalue weighted by Gasteiger charge is -2.03. The molecular formula is C16H18O3S. The number of thioether (sulfide) groups is 1. The Bertz CT molecular complexity index is 554. The third-order valence-electron chi connectivity index (χ3n) is 2.60. The number of Topliss-reactive ketones (excluding diaryl/α,β-unsaturated/α-hetero) is 1. The Labute approximate surface area is 123 Å². The first kappa shape index (κ1) is 16.2. The first-order valence-corrected chi connectivity index (χ1v) is 7.30. The maximum Gasteiger partial charge on any atom is 0.226 e. The largest absolute Gasteiger partial charge is 0.507 e. The summed E-state index contributed by atoms with van der Waals surface area (Å²) in [7, 11) is 0. The van der Waals surface area contributed by atoms with Crippen LogP contribution in [0.25, 0.3) is 6.08 Å². The summed E-state index contributed by atoms with van der Waals surface area (Å²) in [5.74, 6) is -0.157. The monoisotopic (exact) mass is 290 g/mol. The lowest BCUT2D eigenvalue weighted by Crippen LogP contribution is -2.09. The van der Waals surface area contributed by atoms with Gasteiger partial charge in [-0.25, -0.2) is 0 Å². The summed E-state index contributed by atoms with van der Waals surface area (Å²) in [6, 6.07) is 7.69. The van der Waals surface area contributed by atoms with E-state index in [1.54, 1.807) is 6.08 Å². The Morgan fingerprint density at radius 3 is 2.35 bits per heavy atom. The van der Waals surface area contributed by atoms with Gasteiger partial charge in [0.05, 0.1) is 0 Å². The minimum absolute atomic E-state index is 0.153. The van der Waals surface area contributed by atoms with Crippen LogP contribution < -0.4 is 0 Å². The summed E-state index contributed by atoms with van der Waals surface area (Å²) in [5, 5.41) is 9.53. The van der Waals surface area contributed by atoms with Crippen LogP contribution in [0.5, 0.6) is 0 Å². The van der Waals surface area contributed by atoms with Gasteiger partial charge in [-0.1, -0.05) is 54.6 Å². The van der Waals surface area contributed by atoms with Crippen LogP contribution in [0.15, 0.2) is 41.7 Å². The molecule has 1 N–H and O–H groups in total. The zero-order valence-corrected chi connectivity index (χ0v) is 12.7. The van der Waals surface area contributed by atoms with Gasteiger partial charge < -0.3 is 5.11 Å². The van der Waals surface area contributed by atoms with E-state index in [1.165, 1.54) is 13.0 Å². The number of carbonyl (C=O) groups is 2. The summed E-state index contributed by atoms with van der Waals surface area (Å²) in [6.07, 6.45) is 3.05. The van der Waals surface area contributed by atoms with Gasteiger partial charge >= 0.3 is 0 Å². The average Bonchev–Trinajstić information content (AvgIpc) is 2.38. The summed E-state index contributed by atoms with van der Waals surface area (Å²) in [4.78, 5) is 23.2. The Kier molecular flexibility index (Phi) is 6.25. The molecule has 0 saturated heterocycles. The van der Waals surface area contributed by atoms with E-state index < -0.39 is 10.9 Å². The molecule has 0 aromatic heterocycles. The number of carbonyl (C=O) groups excluding carboxylic acids is 2. The molecule has 3 nitrogen and oxygen atoms in total. The van der Waals surface area contributed by atoms with Gasteiger partial charge in [0.1, 0.15) is 11.3 Å². The number of rotatable bonds is 5. The van der Waals surface area contributed by atoms with Crippen molar-refractivity contribution in [2.45, 2.75) is 20.8 Å². The Hall–Kier alpha value is -1.81. The van der Waals surface area contributed by atoms with Crippen molar-refractivity contribution in [3.8, 4) is 0 Å². The maximum absolute atomic E-state index is 11.8. The summed E-state index contributed by atoms with van der Waals surface area (Å²) >= 11 is 1.01. The molecule has 0 aliphatic carbocycles. The van der Waals surface area contributed by atoms with Gasteiger partial charge in [-0.2, -0.15) is 0 Å². The van der Waals surface area contributed by atoms with E-state index in [0.29, 0.717) is 5.75 Å². The fourth-order valence-electron chi connectivity index (χ4n) is 1.57. The molecule has 106 valence electrons. The lowest BCUT2D eigenvalue weighted by molar-refractivity contribution is -0.117. The van der Waals surface area contributed by atoms with Crippen molar-refractivity contribution in [1.82, 2.24) is 0 Å². The Morgan fingerprint density at radius 2 is 1.85 bits per heavy atom. The van der Waals surface area contributed by atoms with Gasteiger partial charge in [0.25, 0.3) is 0 Å². The van der Waals surface area contributed by atoms with Crippen LogP contribution in [0, 0.1) is 6.92 Å². The number of aryl methyl sites for hydroxylation is 1. The normalized spacial score (nSPS) is 12.3. The van der Waals surface area contributed by atoms with E-state index >= 15 is 0 Å². The van der Waals surface area contributed by atoms with Crippen LogP contribution in [0.4, 0.5) is 0 Å². The van der Waals surface area contributed by atoms with Crippen molar-refractivity contribution < 1.29 is 14.7 Å². The molecule has 0 aliphatic heterocycles. The molecule has 20 heavy (non-hydrogen) atoms. The topological polar surface area (TPSA) is 54.4 Å². The molecule has 0 spiro atoms.